The molecule has 3 aromatic rings. The number of carbonyl (C=O) groups excluding carboxylic acids is 1. The Kier molecular flexibility index (Phi) is 4.54. The first-order chi connectivity index (χ1) is 13.2. The number of aromatic nitrogens is 2. The van der Waals surface area contributed by atoms with Gasteiger partial charge in [-0.15, -0.1) is 0 Å². The van der Waals surface area contributed by atoms with Crippen LogP contribution in [-0.2, 0) is 0 Å². The van der Waals surface area contributed by atoms with Crippen molar-refractivity contribution in [2.45, 2.75) is 13.0 Å². The van der Waals surface area contributed by atoms with Gasteiger partial charge in [-0.2, -0.15) is 5.10 Å². The Bertz CT molecular complexity index is 922. The molecule has 0 unspecified atom stereocenters. The summed E-state index contributed by atoms with van der Waals surface area (Å²) in [6.45, 7) is 3.43. The Hall–Kier alpha value is -3.28. The average molecular weight is 362 g/mol. The van der Waals surface area contributed by atoms with Gasteiger partial charge >= 0.3 is 6.03 Å². The highest BCUT2D eigenvalue weighted by molar-refractivity contribution is 5.94. The van der Waals surface area contributed by atoms with E-state index in [1.807, 2.05) is 64.5 Å². The summed E-state index contributed by atoms with van der Waals surface area (Å²) in [5, 5.41) is 6.79. The third-order valence-corrected chi connectivity index (χ3v) is 5.10. The lowest BCUT2D eigenvalue weighted by Gasteiger charge is -2.25. The standard InChI is InChI=1S/C21H22N4O2/c1-15(17-4-3-5-20(12-17)27-2)24-10-11-25(21(24)26)19-8-6-16(7-9-19)18-13-22-23-14-18/h3-9,12-15H,10-11H2,1-2H3,(H,22,23)/t15-/m0/s1. The van der Waals surface area contributed by atoms with Crippen LogP contribution in [0.2, 0.25) is 0 Å². The molecule has 0 bridgehead atoms. The van der Waals surface area contributed by atoms with E-state index < -0.39 is 0 Å². The molecular weight excluding hydrogens is 340 g/mol. The van der Waals surface area contributed by atoms with Gasteiger partial charge in [0.2, 0.25) is 0 Å². The molecule has 27 heavy (non-hydrogen) atoms. The van der Waals surface area contributed by atoms with Crippen LogP contribution in [0.25, 0.3) is 11.1 Å². The lowest BCUT2D eigenvalue weighted by atomic mass is 10.1. The summed E-state index contributed by atoms with van der Waals surface area (Å²) < 4.78 is 5.31. The predicted octanol–water partition coefficient (Wildman–Crippen LogP) is 4.09. The van der Waals surface area contributed by atoms with Crippen LogP contribution in [0.15, 0.2) is 60.9 Å². The van der Waals surface area contributed by atoms with Crippen molar-refractivity contribution in [2.24, 2.45) is 0 Å². The SMILES string of the molecule is COc1cccc([C@H](C)N2CCN(c3ccc(-c4cn[nH]c4)cc3)C2=O)c1. The summed E-state index contributed by atoms with van der Waals surface area (Å²) in [4.78, 5) is 16.7. The zero-order valence-corrected chi connectivity index (χ0v) is 15.4. The lowest BCUT2D eigenvalue weighted by Crippen LogP contribution is -2.33. The van der Waals surface area contributed by atoms with Crippen LogP contribution in [-0.4, -0.2) is 41.3 Å². The molecule has 1 fully saturated rings. The van der Waals surface area contributed by atoms with Crippen molar-refractivity contribution in [3.8, 4) is 16.9 Å². The minimum absolute atomic E-state index is 0.0113. The van der Waals surface area contributed by atoms with Gasteiger partial charge in [-0.3, -0.25) is 10.00 Å². The molecule has 0 spiro atoms. The van der Waals surface area contributed by atoms with E-state index in [1.165, 1.54) is 0 Å². The number of aromatic amines is 1. The lowest BCUT2D eigenvalue weighted by molar-refractivity contribution is 0.205. The van der Waals surface area contributed by atoms with Gasteiger partial charge in [0, 0.05) is 30.5 Å². The number of hydrogen-bond donors (Lipinski definition) is 1. The molecule has 1 saturated heterocycles. The van der Waals surface area contributed by atoms with Gasteiger partial charge in [0.25, 0.3) is 0 Å². The van der Waals surface area contributed by atoms with E-state index in [-0.39, 0.29) is 12.1 Å². The van der Waals surface area contributed by atoms with Gasteiger partial charge < -0.3 is 9.64 Å². The maximum absolute atomic E-state index is 13.0. The van der Waals surface area contributed by atoms with Crippen molar-refractivity contribution in [3.63, 3.8) is 0 Å². The number of methoxy groups -OCH3 is 1. The highest BCUT2D eigenvalue weighted by atomic mass is 16.5. The second-order valence-electron chi connectivity index (χ2n) is 6.61. The number of anilines is 1. The number of rotatable bonds is 5. The van der Waals surface area contributed by atoms with E-state index in [0.717, 1.165) is 28.1 Å². The van der Waals surface area contributed by atoms with Gasteiger partial charge in [0.05, 0.1) is 19.3 Å². The fourth-order valence-electron chi connectivity index (χ4n) is 3.48. The molecule has 1 atom stereocenters. The molecule has 6 heteroatoms. The number of urea groups is 1. The molecule has 4 rings (SSSR count). The highest BCUT2D eigenvalue weighted by Crippen LogP contribution is 2.30. The monoisotopic (exact) mass is 362 g/mol. The van der Waals surface area contributed by atoms with Crippen LogP contribution in [0.5, 0.6) is 5.75 Å². The van der Waals surface area contributed by atoms with Gasteiger partial charge in [-0.25, -0.2) is 4.79 Å². The van der Waals surface area contributed by atoms with Gasteiger partial charge in [-0.1, -0.05) is 24.3 Å². The van der Waals surface area contributed by atoms with E-state index >= 15 is 0 Å². The third kappa shape index (κ3) is 3.26. The molecule has 1 N–H and O–H groups in total. The van der Waals surface area contributed by atoms with E-state index in [4.69, 9.17) is 4.74 Å². The van der Waals surface area contributed by atoms with Gasteiger partial charge in [-0.05, 0) is 42.3 Å². The number of benzene rings is 2. The quantitative estimate of drug-likeness (QED) is 0.744. The van der Waals surface area contributed by atoms with Crippen molar-refractivity contribution >= 4 is 11.7 Å². The Morgan fingerprint density at radius 1 is 1.11 bits per heavy atom. The predicted molar refractivity (Wildman–Crippen MR) is 105 cm³/mol. The topological polar surface area (TPSA) is 61.5 Å². The van der Waals surface area contributed by atoms with E-state index in [9.17, 15) is 4.79 Å². The van der Waals surface area contributed by atoms with Crippen molar-refractivity contribution in [1.29, 1.82) is 0 Å². The summed E-state index contributed by atoms with van der Waals surface area (Å²) in [5.41, 5.74) is 4.08. The van der Waals surface area contributed by atoms with E-state index in [1.54, 1.807) is 13.3 Å². The van der Waals surface area contributed by atoms with Crippen molar-refractivity contribution in [1.82, 2.24) is 15.1 Å². The zero-order valence-electron chi connectivity index (χ0n) is 15.4. The Balaban J connectivity index is 1.51. The van der Waals surface area contributed by atoms with Crippen LogP contribution < -0.4 is 9.64 Å². The first-order valence-electron chi connectivity index (χ1n) is 8.98. The van der Waals surface area contributed by atoms with Crippen molar-refractivity contribution in [3.05, 3.63) is 66.5 Å². The van der Waals surface area contributed by atoms with Crippen LogP contribution >= 0.6 is 0 Å². The Labute approximate surface area is 158 Å². The molecule has 0 radical (unpaired) electrons. The van der Waals surface area contributed by atoms with Gasteiger partial charge in [0.1, 0.15) is 5.75 Å². The maximum atomic E-state index is 13.0. The molecule has 0 aliphatic carbocycles. The number of hydrogen-bond acceptors (Lipinski definition) is 3. The molecule has 138 valence electrons. The molecule has 2 aromatic carbocycles. The Morgan fingerprint density at radius 3 is 2.63 bits per heavy atom. The normalized spacial score (nSPS) is 15.3. The van der Waals surface area contributed by atoms with Crippen LogP contribution in [0.4, 0.5) is 10.5 Å². The van der Waals surface area contributed by atoms with Crippen LogP contribution in [0, 0.1) is 0 Å². The summed E-state index contributed by atoms with van der Waals surface area (Å²) in [6.07, 6.45) is 3.64. The molecule has 0 saturated carbocycles. The summed E-state index contributed by atoms with van der Waals surface area (Å²) in [6, 6.07) is 15.9. The zero-order chi connectivity index (χ0) is 18.8. The number of ether oxygens (including phenoxy) is 1. The van der Waals surface area contributed by atoms with Crippen LogP contribution in [0.3, 0.4) is 0 Å². The molecule has 1 aromatic heterocycles. The molecule has 1 aliphatic rings. The summed E-state index contributed by atoms with van der Waals surface area (Å²) in [7, 11) is 1.65. The third-order valence-electron chi connectivity index (χ3n) is 5.10. The number of amides is 2. The fraction of sp³-hybridized carbons (Fsp3) is 0.238. The first-order valence-corrected chi connectivity index (χ1v) is 8.98. The first kappa shape index (κ1) is 17.1. The van der Waals surface area contributed by atoms with E-state index in [0.29, 0.717) is 13.1 Å². The largest absolute Gasteiger partial charge is 0.497 e. The maximum Gasteiger partial charge on any atom is 0.325 e. The summed E-state index contributed by atoms with van der Waals surface area (Å²) in [5.74, 6) is 0.803. The second-order valence-corrected chi connectivity index (χ2v) is 6.61. The summed E-state index contributed by atoms with van der Waals surface area (Å²) >= 11 is 0. The average Bonchev–Trinajstić information content (AvgIpc) is 3.38. The van der Waals surface area contributed by atoms with Crippen molar-refractivity contribution < 1.29 is 9.53 Å². The number of nitrogens with zero attached hydrogens (tertiary/aromatic N) is 3. The molecule has 1 aliphatic heterocycles. The highest BCUT2D eigenvalue weighted by Gasteiger charge is 2.33. The number of H-pyrrole nitrogens is 1. The minimum atomic E-state index is -0.0113. The molecule has 2 heterocycles. The van der Waals surface area contributed by atoms with Gasteiger partial charge in [0.15, 0.2) is 0 Å². The fourth-order valence-corrected chi connectivity index (χ4v) is 3.48. The number of carbonyl (C=O) groups is 1. The Morgan fingerprint density at radius 2 is 1.93 bits per heavy atom. The molecule has 2 amide bonds. The van der Waals surface area contributed by atoms with E-state index in [2.05, 4.69) is 17.1 Å². The van der Waals surface area contributed by atoms with Crippen LogP contribution in [0.1, 0.15) is 18.5 Å². The minimum Gasteiger partial charge on any atom is -0.497 e. The van der Waals surface area contributed by atoms with Crippen molar-refractivity contribution in [2.75, 3.05) is 25.1 Å². The number of nitrogens with one attached hydrogen (secondary N) is 1. The second kappa shape index (κ2) is 7.15. The smallest absolute Gasteiger partial charge is 0.325 e. The molecular formula is C21H22N4O2. The molecule has 6 nitrogen and oxygen atoms in total.